The van der Waals surface area contributed by atoms with Crippen molar-refractivity contribution in [2.75, 3.05) is 0 Å². The number of nitrogens with zero attached hydrogens (tertiary/aromatic N) is 1. The van der Waals surface area contributed by atoms with Gasteiger partial charge in [0.2, 0.25) is 0 Å². The van der Waals surface area contributed by atoms with Gasteiger partial charge in [0.15, 0.2) is 0 Å². The molecule has 2 N–H and O–H groups in total. The van der Waals surface area contributed by atoms with Gasteiger partial charge >= 0.3 is 5.97 Å². The highest BCUT2D eigenvalue weighted by molar-refractivity contribution is 7.13. The van der Waals surface area contributed by atoms with Crippen LogP contribution < -0.4 is 0 Å². The van der Waals surface area contributed by atoms with Gasteiger partial charge in [0.1, 0.15) is 17.3 Å². The first kappa shape index (κ1) is 20.3. The number of rotatable bonds is 6. The lowest BCUT2D eigenvalue weighted by Gasteiger charge is -2.06. The summed E-state index contributed by atoms with van der Waals surface area (Å²) in [5.74, 6) is 0.0538. The lowest BCUT2D eigenvalue weighted by atomic mass is 10.0. The molecule has 0 fully saturated rings. The molecule has 0 aliphatic rings. The van der Waals surface area contributed by atoms with Gasteiger partial charge in [-0.2, -0.15) is 0 Å². The van der Waals surface area contributed by atoms with Crippen molar-refractivity contribution < 1.29 is 14.6 Å². The first-order valence-electron chi connectivity index (χ1n) is 9.37. The number of aliphatic hydroxyl groups excluding tert-OH is 1. The van der Waals surface area contributed by atoms with Gasteiger partial charge in [0.05, 0.1) is 11.8 Å². The first-order chi connectivity index (χ1) is 13.3. The quantitative estimate of drug-likeness (QED) is 0.553. The zero-order valence-corrected chi connectivity index (χ0v) is 17.7. The number of ether oxygens (including phenoxy) is 1. The number of H-pyrrole nitrogens is 1. The summed E-state index contributed by atoms with van der Waals surface area (Å²) in [6, 6.07) is 8.40. The molecule has 0 aliphatic heterocycles. The summed E-state index contributed by atoms with van der Waals surface area (Å²) in [5, 5.41) is 12.7. The van der Waals surface area contributed by atoms with E-state index in [1.807, 2.05) is 19.2 Å². The van der Waals surface area contributed by atoms with Gasteiger partial charge in [-0.3, -0.25) is 0 Å². The third kappa shape index (κ3) is 4.18. The Morgan fingerprint density at radius 1 is 1.21 bits per heavy atom. The van der Waals surface area contributed by atoms with Crippen molar-refractivity contribution in [3.63, 3.8) is 0 Å². The lowest BCUT2D eigenvalue weighted by molar-refractivity contribution is 0.0461. The van der Waals surface area contributed by atoms with E-state index in [2.05, 4.69) is 48.1 Å². The number of aromatic nitrogens is 2. The molecule has 0 saturated heterocycles. The van der Waals surface area contributed by atoms with Crippen molar-refractivity contribution in [2.45, 2.75) is 53.2 Å². The number of aliphatic hydroxyl groups is 1. The van der Waals surface area contributed by atoms with E-state index in [4.69, 9.17) is 4.74 Å². The zero-order valence-electron chi connectivity index (χ0n) is 16.9. The van der Waals surface area contributed by atoms with Gasteiger partial charge in [-0.05, 0) is 37.8 Å². The molecule has 6 heteroatoms. The number of hydrogen-bond acceptors (Lipinski definition) is 5. The third-order valence-electron chi connectivity index (χ3n) is 4.84. The number of nitrogens with one attached hydrogen (secondary N) is 1. The lowest BCUT2D eigenvalue weighted by Crippen LogP contribution is -2.08. The Kier molecular flexibility index (Phi) is 6.01. The monoisotopic (exact) mass is 398 g/mol. The van der Waals surface area contributed by atoms with Crippen LogP contribution in [0.1, 0.15) is 71.4 Å². The van der Waals surface area contributed by atoms with Crippen LogP contribution in [0.3, 0.4) is 0 Å². The second kappa shape index (κ2) is 8.29. The van der Waals surface area contributed by atoms with Gasteiger partial charge in [0.25, 0.3) is 0 Å². The summed E-state index contributed by atoms with van der Waals surface area (Å²) >= 11 is 1.53. The van der Waals surface area contributed by atoms with Crippen molar-refractivity contribution in [1.82, 2.24) is 9.97 Å². The first-order valence-corrected chi connectivity index (χ1v) is 10.2. The maximum atomic E-state index is 12.4. The van der Waals surface area contributed by atoms with Gasteiger partial charge in [0, 0.05) is 22.2 Å². The normalized spacial score (nSPS) is 12.4. The molecule has 1 atom stereocenters. The van der Waals surface area contributed by atoms with Crippen LogP contribution in [0.2, 0.25) is 0 Å². The Bertz CT molecular complexity index is 968. The Balaban J connectivity index is 1.68. The van der Waals surface area contributed by atoms with Crippen LogP contribution >= 0.6 is 11.3 Å². The fourth-order valence-corrected chi connectivity index (χ4v) is 4.13. The van der Waals surface area contributed by atoms with Crippen LogP contribution in [0.25, 0.3) is 10.6 Å². The predicted molar refractivity (Wildman–Crippen MR) is 112 cm³/mol. The van der Waals surface area contributed by atoms with Crippen LogP contribution in [0.4, 0.5) is 0 Å². The summed E-state index contributed by atoms with van der Waals surface area (Å²) < 4.78 is 5.44. The standard InChI is InChI=1S/C22H26N2O3S/c1-12(2)16-6-8-17(9-7-16)21-24-18(11-28-21)10-27-22(26)20-13(3)19(15(5)25)14(4)23-20/h6-9,11-12,15,23,25H,10H2,1-5H3/t15-/m1/s1. The van der Waals surface area contributed by atoms with E-state index < -0.39 is 12.1 Å². The molecule has 2 aromatic heterocycles. The Labute approximate surface area is 169 Å². The fourth-order valence-electron chi connectivity index (χ4n) is 3.32. The fraction of sp³-hybridized carbons (Fsp3) is 0.364. The summed E-state index contributed by atoms with van der Waals surface area (Å²) in [7, 11) is 0. The van der Waals surface area contributed by atoms with E-state index >= 15 is 0 Å². The molecular formula is C22H26N2O3S. The van der Waals surface area contributed by atoms with Crippen LogP contribution in [0.15, 0.2) is 29.6 Å². The second-order valence-electron chi connectivity index (χ2n) is 7.34. The Morgan fingerprint density at radius 3 is 2.46 bits per heavy atom. The SMILES string of the molecule is Cc1[nH]c(C(=O)OCc2csc(-c3ccc(C(C)C)cc3)n2)c(C)c1[C@@H](C)O. The Hall–Kier alpha value is -2.44. The summed E-state index contributed by atoms with van der Waals surface area (Å²) in [5.41, 5.74) is 5.70. The number of benzene rings is 1. The molecule has 0 bridgehead atoms. The Morgan fingerprint density at radius 2 is 1.89 bits per heavy atom. The number of thiazole rings is 1. The van der Waals surface area contributed by atoms with E-state index in [9.17, 15) is 9.90 Å². The molecule has 2 heterocycles. The van der Waals surface area contributed by atoms with Crippen LogP contribution in [-0.4, -0.2) is 21.0 Å². The van der Waals surface area contributed by atoms with Crippen molar-refractivity contribution in [1.29, 1.82) is 0 Å². The van der Waals surface area contributed by atoms with E-state index in [1.54, 1.807) is 6.92 Å². The van der Waals surface area contributed by atoms with E-state index in [1.165, 1.54) is 16.9 Å². The molecule has 3 aromatic rings. The average molecular weight is 399 g/mol. The minimum absolute atomic E-state index is 0.112. The molecule has 0 saturated carbocycles. The molecular weight excluding hydrogens is 372 g/mol. The van der Waals surface area contributed by atoms with Crippen molar-refractivity contribution in [3.05, 3.63) is 63.4 Å². The average Bonchev–Trinajstić information content (AvgIpc) is 3.24. The molecule has 28 heavy (non-hydrogen) atoms. The van der Waals surface area contributed by atoms with Gasteiger partial charge in [-0.1, -0.05) is 38.1 Å². The smallest absolute Gasteiger partial charge is 0.355 e. The maximum absolute atomic E-state index is 12.4. The second-order valence-corrected chi connectivity index (χ2v) is 8.19. The molecule has 5 nitrogen and oxygen atoms in total. The molecule has 0 radical (unpaired) electrons. The number of carbonyl (C=O) groups excluding carboxylic acids is 1. The zero-order chi connectivity index (χ0) is 20.4. The largest absolute Gasteiger partial charge is 0.454 e. The van der Waals surface area contributed by atoms with Crippen LogP contribution in [-0.2, 0) is 11.3 Å². The summed E-state index contributed by atoms with van der Waals surface area (Å²) in [6.07, 6.45) is -0.638. The number of esters is 1. The van der Waals surface area contributed by atoms with Crippen LogP contribution in [0, 0.1) is 13.8 Å². The topological polar surface area (TPSA) is 75.2 Å². The highest BCUT2D eigenvalue weighted by Gasteiger charge is 2.21. The van der Waals surface area contributed by atoms with E-state index in [0.29, 0.717) is 11.6 Å². The predicted octanol–water partition coefficient (Wildman–Crippen LogP) is 5.29. The van der Waals surface area contributed by atoms with Gasteiger partial charge in [-0.25, -0.2) is 9.78 Å². The number of aryl methyl sites for hydroxylation is 1. The van der Waals surface area contributed by atoms with Crippen molar-refractivity contribution in [3.8, 4) is 10.6 Å². The minimum Gasteiger partial charge on any atom is -0.454 e. The van der Waals surface area contributed by atoms with Crippen LogP contribution in [0.5, 0.6) is 0 Å². The molecule has 3 rings (SSSR count). The highest BCUT2D eigenvalue weighted by Crippen LogP contribution is 2.27. The molecule has 0 unspecified atom stereocenters. The number of carbonyl (C=O) groups is 1. The maximum Gasteiger partial charge on any atom is 0.355 e. The molecule has 0 amide bonds. The van der Waals surface area contributed by atoms with Gasteiger partial charge in [-0.15, -0.1) is 11.3 Å². The minimum atomic E-state index is -0.638. The highest BCUT2D eigenvalue weighted by atomic mass is 32.1. The molecule has 0 spiro atoms. The molecule has 0 aliphatic carbocycles. The number of aromatic amines is 1. The molecule has 1 aromatic carbocycles. The number of hydrogen-bond donors (Lipinski definition) is 2. The summed E-state index contributed by atoms with van der Waals surface area (Å²) in [4.78, 5) is 20.1. The third-order valence-corrected chi connectivity index (χ3v) is 5.78. The van der Waals surface area contributed by atoms with Crippen molar-refractivity contribution >= 4 is 17.3 Å². The van der Waals surface area contributed by atoms with Crippen molar-refractivity contribution in [2.24, 2.45) is 0 Å². The molecule has 148 valence electrons. The summed E-state index contributed by atoms with van der Waals surface area (Å²) in [6.45, 7) is 9.78. The van der Waals surface area contributed by atoms with E-state index in [0.717, 1.165) is 33.1 Å². The van der Waals surface area contributed by atoms with E-state index in [-0.39, 0.29) is 6.61 Å². The van der Waals surface area contributed by atoms with Gasteiger partial charge < -0.3 is 14.8 Å².